The zero-order valence-electron chi connectivity index (χ0n) is 15.7. The number of thiazole rings is 1. The van der Waals surface area contributed by atoms with E-state index in [2.05, 4.69) is 42.5 Å². The Morgan fingerprint density at radius 2 is 1.77 bits per heavy atom. The normalized spacial score (nSPS) is 12.2. The Morgan fingerprint density at radius 1 is 0.900 bits per heavy atom. The number of halogens is 1. The van der Waals surface area contributed by atoms with Gasteiger partial charge in [0.1, 0.15) is 10.6 Å². The lowest BCUT2D eigenvalue weighted by molar-refractivity contribution is 0.563. The summed E-state index contributed by atoms with van der Waals surface area (Å²) in [6.45, 7) is 0. The Morgan fingerprint density at radius 3 is 2.70 bits per heavy atom. The van der Waals surface area contributed by atoms with E-state index in [1.807, 2.05) is 5.38 Å². The van der Waals surface area contributed by atoms with E-state index in [0.29, 0.717) is 21.2 Å². The average molecular weight is 428 g/mol. The Hall–Kier alpha value is -3.21. The third-order valence-electron chi connectivity index (χ3n) is 5.52. The molecular formula is C25H14ClNO2S. The van der Waals surface area contributed by atoms with Crippen LogP contribution in [0.2, 0.25) is 5.02 Å². The highest BCUT2D eigenvalue weighted by atomic mass is 35.5. The molecule has 6 rings (SSSR count). The summed E-state index contributed by atoms with van der Waals surface area (Å²) >= 11 is 7.53. The molecule has 5 aromatic rings. The van der Waals surface area contributed by atoms with Crippen molar-refractivity contribution in [3.63, 3.8) is 0 Å². The van der Waals surface area contributed by atoms with Gasteiger partial charge in [0, 0.05) is 21.4 Å². The van der Waals surface area contributed by atoms with Crippen molar-refractivity contribution in [1.82, 2.24) is 4.98 Å². The molecule has 0 bridgehead atoms. The van der Waals surface area contributed by atoms with Crippen LogP contribution in [-0.2, 0) is 6.42 Å². The Bertz CT molecular complexity index is 1520. The molecule has 5 heteroatoms. The van der Waals surface area contributed by atoms with E-state index < -0.39 is 5.63 Å². The zero-order valence-corrected chi connectivity index (χ0v) is 17.3. The number of hydrogen-bond donors (Lipinski definition) is 0. The van der Waals surface area contributed by atoms with Crippen molar-refractivity contribution in [2.24, 2.45) is 0 Å². The molecule has 0 unspecified atom stereocenters. The fourth-order valence-corrected chi connectivity index (χ4v) is 5.09. The van der Waals surface area contributed by atoms with E-state index in [9.17, 15) is 4.79 Å². The first-order valence-electron chi connectivity index (χ1n) is 9.56. The smallest absolute Gasteiger partial charge is 0.346 e. The summed E-state index contributed by atoms with van der Waals surface area (Å²) in [4.78, 5) is 17.3. The molecule has 3 aromatic carbocycles. The highest BCUT2D eigenvalue weighted by Gasteiger charge is 2.19. The van der Waals surface area contributed by atoms with Crippen molar-refractivity contribution in [3.8, 4) is 33.0 Å². The number of aromatic nitrogens is 1. The van der Waals surface area contributed by atoms with Crippen LogP contribution in [0.4, 0.5) is 0 Å². The molecule has 0 fully saturated rings. The number of nitrogens with zero attached hydrogens (tertiary/aromatic N) is 1. The molecule has 2 heterocycles. The van der Waals surface area contributed by atoms with Crippen LogP contribution in [0.25, 0.3) is 43.9 Å². The van der Waals surface area contributed by atoms with Gasteiger partial charge in [-0.1, -0.05) is 48.0 Å². The predicted octanol–water partition coefficient (Wildman–Crippen LogP) is 6.81. The van der Waals surface area contributed by atoms with Crippen LogP contribution < -0.4 is 5.63 Å². The van der Waals surface area contributed by atoms with Crippen molar-refractivity contribution < 1.29 is 4.42 Å². The predicted molar refractivity (Wildman–Crippen MR) is 122 cm³/mol. The highest BCUT2D eigenvalue weighted by molar-refractivity contribution is 7.13. The van der Waals surface area contributed by atoms with E-state index in [1.54, 1.807) is 24.3 Å². The van der Waals surface area contributed by atoms with Gasteiger partial charge in [-0.3, -0.25) is 0 Å². The van der Waals surface area contributed by atoms with Crippen molar-refractivity contribution in [2.75, 3.05) is 0 Å². The van der Waals surface area contributed by atoms with E-state index in [0.717, 1.165) is 23.1 Å². The molecular weight excluding hydrogens is 414 g/mol. The third kappa shape index (κ3) is 2.80. The molecule has 30 heavy (non-hydrogen) atoms. The van der Waals surface area contributed by atoms with E-state index in [4.69, 9.17) is 21.0 Å². The van der Waals surface area contributed by atoms with E-state index in [1.165, 1.54) is 33.6 Å². The van der Waals surface area contributed by atoms with Crippen LogP contribution in [0.5, 0.6) is 0 Å². The first kappa shape index (κ1) is 17.6. The summed E-state index contributed by atoms with van der Waals surface area (Å²) in [5.41, 5.74) is 7.76. The minimum atomic E-state index is -0.393. The maximum absolute atomic E-state index is 12.5. The number of rotatable bonds is 2. The fourth-order valence-electron chi connectivity index (χ4n) is 4.08. The molecule has 0 N–H and O–H groups in total. The van der Waals surface area contributed by atoms with Gasteiger partial charge in [-0.2, -0.15) is 0 Å². The van der Waals surface area contributed by atoms with Crippen molar-refractivity contribution in [1.29, 1.82) is 0 Å². The van der Waals surface area contributed by atoms with E-state index >= 15 is 0 Å². The second-order valence-electron chi connectivity index (χ2n) is 7.37. The van der Waals surface area contributed by atoms with Crippen LogP contribution in [0.1, 0.15) is 11.1 Å². The maximum atomic E-state index is 12.5. The molecule has 0 radical (unpaired) electrons. The van der Waals surface area contributed by atoms with Crippen molar-refractivity contribution >= 4 is 33.9 Å². The van der Waals surface area contributed by atoms with Crippen molar-refractivity contribution in [3.05, 3.63) is 98.7 Å². The number of benzene rings is 3. The number of fused-ring (bicyclic) bond motifs is 4. The van der Waals surface area contributed by atoms with Crippen LogP contribution >= 0.6 is 22.9 Å². The lowest BCUT2D eigenvalue weighted by Crippen LogP contribution is -2.02. The second kappa shape index (κ2) is 6.66. The van der Waals surface area contributed by atoms with Gasteiger partial charge in [0.05, 0.1) is 11.3 Å². The molecule has 0 atom stereocenters. The summed E-state index contributed by atoms with van der Waals surface area (Å²) in [6.07, 6.45) is 0.936. The van der Waals surface area contributed by atoms with Crippen LogP contribution in [0.3, 0.4) is 0 Å². The van der Waals surface area contributed by atoms with Gasteiger partial charge >= 0.3 is 5.63 Å². The van der Waals surface area contributed by atoms with Crippen LogP contribution in [0.15, 0.2) is 81.3 Å². The standard InChI is InChI=1S/C25H14ClNO2S/c26-18-6-8-23-17(11-18)12-21(25(28)29-23)24-27-22(13-30-24)15-5-7-20-16(10-15)9-14-3-1-2-4-19(14)20/h1-8,10-13H,9H2. The van der Waals surface area contributed by atoms with E-state index in [-0.39, 0.29) is 0 Å². The monoisotopic (exact) mass is 427 g/mol. The van der Waals surface area contributed by atoms with Gasteiger partial charge in [0.25, 0.3) is 0 Å². The molecule has 1 aliphatic carbocycles. The Balaban J connectivity index is 1.40. The topological polar surface area (TPSA) is 43.1 Å². The van der Waals surface area contributed by atoms with Crippen LogP contribution in [-0.4, -0.2) is 4.98 Å². The van der Waals surface area contributed by atoms with Gasteiger partial charge in [0.15, 0.2) is 0 Å². The summed E-state index contributed by atoms with van der Waals surface area (Å²) in [6, 6.07) is 22.0. The molecule has 0 spiro atoms. The molecule has 0 saturated heterocycles. The molecule has 0 aliphatic heterocycles. The first-order valence-corrected chi connectivity index (χ1v) is 10.8. The second-order valence-corrected chi connectivity index (χ2v) is 8.67. The van der Waals surface area contributed by atoms with Gasteiger partial charge in [-0.15, -0.1) is 11.3 Å². The Kier molecular flexibility index (Phi) is 3.91. The van der Waals surface area contributed by atoms with Gasteiger partial charge in [0.2, 0.25) is 0 Å². The summed E-state index contributed by atoms with van der Waals surface area (Å²) < 4.78 is 5.47. The first-order chi connectivity index (χ1) is 14.7. The largest absolute Gasteiger partial charge is 0.422 e. The minimum Gasteiger partial charge on any atom is -0.422 e. The van der Waals surface area contributed by atoms with Crippen LogP contribution in [0, 0.1) is 0 Å². The third-order valence-corrected chi connectivity index (χ3v) is 6.63. The zero-order chi connectivity index (χ0) is 20.2. The lowest BCUT2D eigenvalue weighted by Gasteiger charge is -2.03. The molecule has 2 aromatic heterocycles. The average Bonchev–Trinajstić information content (AvgIpc) is 3.38. The Labute approximate surface area is 181 Å². The molecule has 1 aliphatic rings. The van der Waals surface area contributed by atoms with Crippen molar-refractivity contribution in [2.45, 2.75) is 6.42 Å². The lowest BCUT2D eigenvalue weighted by atomic mass is 10.0. The molecule has 0 amide bonds. The molecule has 144 valence electrons. The maximum Gasteiger partial charge on any atom is 0.346 e. The molecule has 3 nitrogen and oxygen atoms in total. The number of hydrogen-bond acceptors (Lipinski definition) is 4. The van der Waals surface area contributed by atoms with Gasteiger partial charge < -0.3 is 4.42 Å². The summed E-state index contributed by atoms with van der Waals surface area (Å²) in [5, 5.41) is 4.01. The minimum absolute atomic E-state index is 0.393. The molecule has 0 saturated carbocycles. The summed E-state index contributed by atoms with van der Waals surface area (Å²) in [7, 11) is 0. The summed E-state index contributed by atoms with van der Waals surface area (Å²) in [5.74, 6) is 0. The SMILES string of the molecule is O=c1oc2ccc(Cl)cc2cc1-c1nc(-c2ccc3c(c2)Cc2ccccc2-3)cs1. The van der Waals surface area contributed by atoms with Gasteiger partial charge in [-0.25, -0.2) is 9.78 Å². The quantitative estimate of drug-likeness (QED) is 0.285. The highest BCUT2D eigenvalue weighted by Crippen LogP contribution is 2.39. The fraction of sp³-hybridized carbons (Fsp3) is 0.0400. The van der Waals surface area contributed by atoms with Gasteiger partial charge in [-0.05, 0) is 59.0 Å².